The van der Waals surface area contributed by atoms with E-state index in [0.717, 1.165) is 33.3 Å². The summed E-state index contributed by atoms with van der Waals surface area (Å²) in [5, 5.41) is 3.99. The summed E-state index contributed by atoms with van der Waals surface area (Å²) in [6, 6.07) is 27.2. The minimum Gasteiger partial charge on any atom is -0.326 e. The molecule has 0 saturated carbocycles. The molecule has 4 rings (SSSR count). The van der Waals surface area contributed by atoms with Gasteiger partial charge in [-0.1, -0.05) is 60.4 Å². The van der Waals surface area contributed by atoms with Crippen molar-refractivity contribution >= 4 is 22.5 Å². The number of hydrogen-bond donors (Lipinski definition) is 1. The van der Waals surface area contributed by atoms with Gasteiger partial charge in [-0.3, -0.25) is 9.78 Å². The summed E-state index contributed by atoms with van der Waals surface area (Å²) in [5.41, 5.74) is 4.32. The molecule has 0 atom stereocenters. The molecule has 0 spiro atoms. The van der Waals surface area contributed by atoms with Crippen LogP contribution in [0.25, 0.3) is 10.9 Å². The molecule has 1 N–H and O–H groups in total. The Morgan fingerprint density at radius 1 is 0.821 bits per heavy atom. The van der Waals surface area contributed by atoms with E-state index >= 15 is 0 Å². The van der Waals surface area contributed by atoms with Crippen LogP contribution in [0.2, 0.25) is 0 Å². The minimum absolute atomic E-state index is 0.0775. The molecule has 0 saturated heterocycles. The van der Waals surface area contributed by atoms with E-state index < -0.39 is 0 Å². The van der Waals surface area contributed by atoms with Crippen molar-refractivity contribution in [2.75, 3.05) is 5.32 Å². The van der Waals surface area contributed by atoms with Crippen LogP contribution in [0.3, 0.4) is 0 Å². The second-order valence-corrected chi connectivity index (χ2v) is 6.41. The third kappa shape index (κ3) is 4.25. The number of carbonyl (C=O) groups is 1. The molecule has 0 fully saturated rings. The van der Waals surface area contributed by atoms with Gasteiger partial charge < -0.3 is 5.32 Å². The smallest absolute Gasteiger partial charge is 0.228 e. The van der Waals surface area contributed by atoms with Gasteiger partial charge in [0.05, 0.1) is 11.9 Å². The number of nitrogens with one attached hydrogen (secondary N) is 1. The monoisotopic (exact) mass is 362 g/mol. The maximum atomic E-state index is 12.5. The number of nitrogens with zero attached hydrogens (tertiary/aromatic N) is 1. The van der Waals surface area contributed by atoms with E-state index in [1.807, 2.05) is 84.9 Å². The van der Waals surface area contributed by atoms with Gasteiger partial charge in [0.25, 0.3) is 0 Å². The quantitative estimate of drug-likeness (QED) is 0.531. The Morgan fingerprint density at radius 2 is 1.57 bits per heavy atom. The van der Waals surface area contributed by atoms with Crippen molar-refractivity contribution in [3.63, 3.8) is 0 Å². The van der Waals surface area contributed by atoms with Crippen molar-refractivity contribution < 1.29 is 4.79 Å². The number of carbonyl (C=O) groups excluding carboxylic acids is 1. The summed E-state index contributed by atoms with van der Waals surface area (Å²) >= 11 is 0. The standard InChI is InChI=1S/C25H18N2O/c28-24(18-22-11-5-10-21-12-6-16-26-25(21)22)27-23-13-4-9-20(17-23)15-14-19-7-2-1-3-8-19/h1-13,16-17H,18H2,(H,27,28). The van der Waals surface area contributed by atoms with E-state index in [9.17, 15) is 4.79 Å². The highest BCUT2D eigenvalue weighted by Crippen LogP contribution is 2.17. The highest BCUT2D eigenvalue weighted by molar-refractivity contribution is 5.95. The molecule has 1 heterocycles. The van der Waals surface area contributed by atoms with Crippen LogP contribution in [0.4, 0.5) is 5.69 Å². The zero-order valence-corrected chi connectivity index (χ0v) is 15.2. The number of para-hydroxylation sites is 1. The Balaban J connectivity index is 1.48. The van der Waals surface area contributed by atoms with Gasteiger partial charge in [0.15, 0.2) is 0 Å². The van der Waals surface area contributed by atoms with E-state index in [1.54, 1.807) is 6.20 Å². The maximum Gasteiger partial charge on any atom is 0.228 e. The molecule has 1 amide bonds. The molecule has 3 nitrogen and oxygen atoms in total. The van der Waals surface area contributed by atoms with Gasteiger partial charge in [-0.15, -0.1) is 0 Å². The number of rotatable bonds is 3. The van der Waals surface area contributed by atoms with Crippen LogP contribution in [-0.4, -0.2) is 10.9 Å². The van der Waals surface area contributed by atoms with Crippen LogP contribution in [0.5, 0.6) is 0 Å². The van der Waals surface area contributed by atoms with Crippen LogP contribution in [0.15, 0.2) is 91.1 Å². The fraction of sp³-hybridized carbons (Fsp3) is 0.0400. The Hall–Kier alpha value is -3.90. The van der Waals surface area contributed by atoms with Gasteiger partial charge in [0, 0.05) is 28.4 Å². The van der Waals surface area contributed by atoms with E-state index in [0.29, 0.717) is 0 Å². The predicted octanol–water partition coefficient (Wildman–Crippen LogP) is 4.82. The first-order valence-corrected chi connectivity index (χ1v) is 9.07. The molecule has 1 aromatic heterocycles. The first-order chi connectivity index (χ1) is 13.8. The molecule has 0 aliphatic rings. The number of pyridine rings is 1. The van der Waals surface area contributed by atoms with Gasteiger partial charge in [0.2, 0.25) is 5.91 Å². The number of aromatic nitrogens is 1. The molecule has 0 radical (unpaired) electrons. The summed E-state index contributed by atoms with van der Waals surface area (Å²) in [4.78, 5) is 17.0. The predicted molar refractivity (Wildman–Crippen MR) is 113 cm³/mol. The zero-order chi connectivity index (χ0) is 19.2. The summed E-state index contributed by atoms with van der Waals surface area (Å²) in [6.45, 7) is 0. The topological polar surface area (TPSA) is 42.0 Å². The van der Waals surface area contributed by atoms with E-state index in [4.69, 9.17) is 0 Å². The molecule has 0 bridgehead atoms. The zero-order valence-electron chi connectivity index (χ0n) is 15.2. The van der Waals surface area contributed by atoms with Crippen molar-refractivity contribution in [1.82, 2.24) is 4.98 Å². The van der Waals surface area contributed by atoms with E-state index in [2.05, 4.69) is 22.1 Å². The maximum absolute atomic E-state index is 12.5. The normalized spacial score (nSPS) is 10.1. The van der Waals surface area contributed by atoms with Crippen molar-refractivity contribution in [3.05, 3.63) is 108 Å². The highest BCUT2D eigenvalue weighted by Gasteiger charge is 2.08. The lowest BCUT2D eigenvalue weighted by Crippen LogP contribution is -2.14. The van der Waals surface area contributed by atoms with Gasteiger partial charge in [-0.2, -0.15) is 0 Å². The molecule has 4 aromatic rings. The first-order valence-electron chi connectivity index (χ1n) is 9.07. The van der Waals surface area contributed by atoms with Gasteiger partial charge >= 0.3 is 0 Å². The lowest BCUT2D eigenvalue weighted by molar-refractivity contribution is -0.115. The third-order valence-corrected chi connectivity index (χ3v) is 4.34. The average molecular weight is 362 g/mol. The Kier molecular flexibility index (Phi) is 5.13. The molecule has 3 aromatic carbocycles. The lowest BCUT2D eigenvalue weighted by Gasteiger charge is -2.07. The van der Waals surface area contributed by atoms with E-state index in [-0.39, 0.29) is 12.3 Å². The number of benzene rings is 3. The SMILES string of the molecule is O=C(Cc1cccc2cccnc12)Nc1cccc(C#Cc2ccccc2)c1. The molecule has 134 valence electrons. The van der Waals surface area contributed by atoms with Crippen LogP contribution >= 0.6 is 0 Å². The Labute approximate surface area is 164 Å². The van der Waals surface area contributed by atoms with E-state index in [1.165, 1.54) is 0 Å². The van der Waals surface area contributed by atoms with Gasteiger partial charge in [-0.05, 0) is 42.0 Å². The van der Waals surface area contributed by atoms with Crippen molar-refractivity contribution in [2.24, 2.45) is 0 Å². The fourth-order valence-electron chi connectivity index (χ4n) is 3.03. The number of hydrogen-bond acceptors (Lipinski definition) is 2. The molecule has 0 unspecified atom stereocenters. The fourth-order valence-corrected chi connectivity index (χ4v) is 3.03. The average Bonchev–Trinajstić information content (AvgIpc) is 2.73. The van der Waals surface area contributed by atoms with Crippen LogP contribution in [0.1, 0.15) is 16.7 Å². The molecular weight excluding hydrogens is 344 g/mol. The van der Waals surface area contributed by atoms with Gasteiger partial charge in [-0.25, -0.2) is 0 Å². The molecule has 0 aliphatic heterocycles. The lowest BCUT2D eigenvalue weighted by atomic mass is 10.1. The second-order valence-electron chi connectivity index (χ2n) is 6.41. The summed E-state index contributed by atoms with van der Waals surface area (Å²) in [7, 11) is 0. The molecule has 0 aliphatic carbocycles. The summed E-state index contributed by atoms with van der Waals surface area (Å²) < 4.78 is 0. The first kappa shape index (κ1) is 17.5. The van der Waals surface area contributed by atoms with Crippen molar-refractivity contribution in [3.8, 4) is 11.8 Å². The highest BCUT2D eigenvalue weighted by atomic mass is 16.1. The second kappa shape index (κ2) is 8.20. The molecule has 3 heteroatoms. The number of fused-ring (bicyclic) bond motifs is 1. The van der Waals surface area contributed by atoms with Crippen molar-refractivity contribution in [1.29, 1.82) is 0 Å². The number of amides is 1. The van der Waals surface area contributed by atoms with Gasteiger partial charge in [0.1, 0.15) is 0 Å². The Bertz CT molecular complexity index is 1180. The molecular formula is C25H18N2O. The molecule has 28 heavy (non-hydrogen) atoms. The summed E-state index contributed by atoms with van der Waals surface area (Å²) in [6.07, 6.45) is 2.02. The van der Waals surface area contributed by atoms with Crippen molar-refractivity contribution in [2.45, 2.75) is 6.42 Å². The minimum atomic E-state index is -0.0775. The van der Waals surface area contributed by atoms with Crippen LogP contribution < -0.4 is 5.32 Å². The summed E-state index contributed by atoms with van der Waals surface area (Å²) in [5.74, 6) is 6.19. The van der Waals surface area contributed by atoms with Crippen LogP contribution in [-0.2, 0) is 11.2 Å². The number of anilines is 1. The third-order valence-electron chi connectivity index (χ3n) is 4.34. The Morgan fingerprint density at radius 3 is 2.46 bits per heavy atom. The largest absolute Gasteiger partial charge is 0.326 e. The van der Waals surface area contributed by atoms with Crippen LogP contribution in [0, 0.1) is 11.8 Å².